The Balaban J connectivity index is 1.87. The fourth-order valence-corrected chi connectivity index (χ4v) is 2.59. The number of rotatable bonds is 2. The number of nitrogens with zero attached hydrogens (tertiary/aromatic N) is 2. The second-order valence-corrected chi connectivity index (χ2v) is 4.74. The summed E-state index contributed by atoms with van der Waals surface area (Å²) < 4.78 is 1.10. The van der Waals surface area contributed by atoms with E-state index in [1.807, 2.05) is 11.4 Å². The lowest BCUT2D eigenvalue weighted by molar-refractivity contribution is 0.0836. The van der Waals surface area contributed by atoms with Gasteiger partial charge in [-0.2, -0.15) is 0 Å². The summed E-state index contributed by atoms with van der Waals surface area (Å²) in [5.74, 6) is 0.895. The monoisotopic (exact) mass is 221 g/mol. The minimum absolute atomic E-state index is 0.136. The molecular weight excluding hydrogens is 210 g/mol. The summed E-state index contributed by atoms with van der Waals surface area (Å²) in [6.45, 7) is 0. The molecule has 0 spiro atoms. The van der Waals surface area contributed by atoms with Gasteiger partial charge in [0.15, 0.2) is 0 Å². The number of hydrogen-bond donors (Lipinski definition) is 2. The second-order valence-electron chi connectivity index (χ2n) is 3.82. The predicted molar refractivity (Wildman–Crippen MR) is 60.1 cm³/mol. The molecule has 0 amide bonds. The number of hydrogen-bond acceptors (Lipinski definition) is 5. The van der Waals surface area contributed by atoms with Crippen molar-refractivity contribution in [3.8, 4) is 0 Å². The minimum atomic E-state index is -0.136. The highest BCUT2D eigenvalue weighted by molar-refractivity contribution is 7.17. The zero-order valence-electron chi connectivity index (χ0n) is 8.05. The van der Waals surface area contributed by atoms with Crippen LogP contribution in [0.2, 0.25) is 0 Å². The van der Waals surface area contributed by atoms with Crippen LogP contribution in [0.25, 0.3) is 10.2 Å². The van der Waals surface area contributed by atoms with Gasteiger partial charge in [-0.3, -0.25) is 0 Å². The average molecular weight is 221 g/mol. The molecule has 0 unspecified atom stereocenters. The standard InChI is InChI=1S/C10H11N3OS/c14-7-3-6(4-7)13-10-9-8(1-2-15-9)11-5-12-10/h1-2,5-7,14H,3-4H2,(H,11,12,13). The molecule has 4 nitrogen and oxygen atoms in total. The molecule has 0 atom stereocenters. The van der Waals surface area contributed by atoms with Crippen molar-refractivity contribution in [2.45, 2.75) is 25.0 Å². The maximum atomic E-state index is 9.20. The van der Waals surface area contributed by atoms with Crippen LogP contribution >= 0.6 is 11.3 Å². The normalized spacial score (nSPS) is 25.1. The molecule has 0 aromatic carbocycles. The molecule has 2 N–H and O–H groups in total. The molecule has 0 aliphatic heterocycles. The summed E-state index contributed by atoms with van der Waals surface area (Å²) in [6, 6.07) is 2.35. The van der Waals surface area contributed by atoms with E-state index in [4.69, 9.17) is 0 Å². The molecule has 1 saturated carbocycles. The van der Waals surface area contributed by atoms with Gasteiger partial charge in [0.25, 0.3) is 0 Å². The molecule has 2 aromatic heterocycles. The molecular formula is C10H11N3OS. The average Bonchev–Trinajstić information content (AvgIpc) is 2.64. The van der Waals surface area contributed by atoms with Crippen molar-refractivity contribution >= 4 is 27.4 Å². The van der Waals surface area contributed by atoms with Gasteiger partial charge in [-0.15, -0.1) is 11.3 Å². The van der Waals surface area contributed by atoms with Crippen LogP contribution in [0.3, 0.4) is 0 Å². The van der Waals surface area contributed by atoms with E-state index in [1.165, 1.54) is 0 Å². The van der Waals surface area contributed by atoms with Gasteiger partial charge in [-0.1, -0.05) is 0 Å². The highest BCUT2D eigenvalue weighted by Gasteiger charge is 2.27. The lowest BCUT2D eigenvalue weighted by Crippen LogP contribution is -2.39. The Morgan fingerprint density at radius 3 is 3.07 bits per heavy atom. The lowest BCUT2D eigenvalue weighted by atomic mass is 9.89. The van der Waals surface area contributed by atoms with Crippen LogP contribution in [-0.4, -0.2) is 27.2 Å². The van der Waals surface area contributed by atoms with Gasteiger partial charge in [0, 0.05) is 6.04 Å². The number of aromatic nitrogens is 2. The molecule has 2 heterocycles. The molecule has 0 bridgehead atoms. The van der Waals surface area contributed by atoms with Gasteiger partial charge in [-0.05, 0) is 24.3 Å². The third kappa shape index (κ3) is 1.57. The maximum absolute atomic E-state index is 9.20. The van der Waals surface area contributed by atoms with E-state index in [0.29, 0.717) is 6.04 Å². The first kappa shape index (κ1) is 9.06. The van der Waals surface area contributed by atoms with Crippen molar-refractivity contribution in [1.82, 2.24) is 9.97 Å². The molecule has 1 aliphatic carbocycles. The Kier molecular flexibility index (Phi) is 2.07. The van der Waals surface area contributed by atoms with Gasteiger partial charge in [0.2, 0.25) is 0 Å². The van der Waals surface area contributed by atoms with Gasteiger partial charge in [0.1, 0.15) is 12.1 Å². The molecule has 1 aliphatic rings. The van der Waals surface area contributed by atoms with Crippen LogP contribution in [0.4, 0.5) is 5.82 Å². The first-order valence-electron chi connectivity index (χ1n) is 4.96. The molecule has 2 aromatic rings. The van der Waals surface area contributed by atoms with Crippen LogP contribution in [-0.2, 0) is 0 Å². The SMILES string of the molecule is OC1CC(Nc2ncnc3ccsc23)C1. The quantitative estimate of drug-likeness (QED) is 0.809. The van der Waals surface area contributed by atoms with E-state index in [-0.39, 0.29) is 6.10 Å². The fourth-order valence-electron chi connectivity index (χ4n) is 1.79. The molecule has 78 valence electrons. The van der Waals surface area contributed by atoms with Gasteiger partial charge in [0.05, 0.1) is 16.3 Å². The zero-order chi connectivity index (χ0) is 10.3. The van der Waals surface area contributed by atoms with E-state index in [9.17, 15) is 5.11 Å². The Morgan fingerprint density at radius 2 is 2.27 bits per heavy atom. The summed E-state index contributed by atoms with van der Waals surface area (Å²) in [6.07, 6.45) is 3.07. The van der Waals surface area contributed by atoms with Crippen LogP contribution in [0.5, 0.6) is 0 Å². The topological polar surface area (TPSA) is 58.0 Å². The van der Waals surface area contributed by atoms with Gasteiger partial charge in [-0.25, -0.2) is 9.97 Å². The largest absolute Gasteiger partial charge is 0.393 e. The summed E-state index contributed by atoms with van der Waals surface area (Å²) in [5, 5.41) is 14.6. The summed E-state index contributed by atoms with van der Waals surface area (Å²) in [4.78, 5) is 8.41. The second kappa shape index (κ2) is 3.43. The van der Waals surface area contributed by atoms with E-state index in [1.54, 1.807) is 17.7 Å². The first-order valence-corrected chi connectivity index (χ1v) is 5.83. The van der Waals surface area contributed by atoms with Gasteiger partial charge < -0.3 is 10.4 Å². The Labute approximate surface area is 91.0 Å². The molecule has 5 heteroatoms. The molecule has 3 rings (SSSR count). The van der Waals surface area contributed by atoms with Crippen molar-refractivity contribution in [2.75, 3.05) is 5.32 Å². The molecule has 15 heavy (non-hydrogen) atoms. The number of aliphatic hydroxyl groups is 1. The Hall–Kier alpha value is -1.20. The Bertz CT molecular complexity index is 478. The number of fused-ring (bicyclic) bond motifs is 1. The van der Waals surface area contributed by atoms with E-state index in [0.717, 1.165) is 28.9 Å². The number of nitrogens with one attached hydrogen (secondary N) is 1. The van der Waals surface area contributed by atoms with E-state index in [2.05, 4.69) is 15.3 Å². The van der Waals surface area contributed by atoms with E-state index >= 15 is 0 Å². The van der Waals surface area contributed by atoms with Crippen LogP contribution < -0.4 is 5.32 Å². The van der Waals surface area contributed by atoms with Crippen LogP contribution in [0, 0.1) is 0 Å². The summed E-state index contributed by atoms with van der Waals surface area (Å²) in [7, 11) is 0. The minimum Gasteiger partial charge on any atom is -0.393 e. The molecule has 1 fully saturated rings. The zero-order valence-corrected chi connectivity index (χ0v) is 8.87. The van der Waals surface area contributed by atoms with Crippen molar-refractivity contribution in [2.24, 2.45) is 0 Å². The Morgan fingerprint density at radius 1 is 1.40 bits per heavy atom. The van der Waals surface area contributed by atoms with Crippen LogP contribution in [0.15, 0.2) is 17.8 Å². The smallest absolute Gasteiger partial charge is 0.147 e. The van der Waals surface area contributed by atoms with Crippen molar-refractivity contribution in [1.29, 1.82) is 0 Å². The maximum Gasteiger partial charge on any atom is 0.147 e. The predicted octanol–water partition coefficient (Wildman–Crippen LogP) is 1.63. The van der Waals surface area contributed by atoms with Crippen molar-refractivity contribution in [3.05, 3.63) is 17.8 Å². The molecule has 0 saturated heterocycles. The van der Waals surface area contributed by atoms with Crippen molar-refractivity contribution in [3.63, 3.8) is 0 Å². The summed E-state index contributed by atoms with van der Waals surface area (Å²) >= 11 is 1.64. The van der Waals surface area contributed by atoms with Crippen molar-refractivity contribution < 1.29 is 5.11 Å². The fraction of sp³-hybridized carbons (Fsp3) is 0.400. The van der Waals surface area contributed by atoms with E-state index < -0.39 is 0 Å². The third-order valence-corrected chi connectivity index (χ3v) is 3.61. The first-order chi connectivity index (χ1) is 7.33. The van der Waals surface area contributed by atoms with Crippen LogP contribution in [0.1, 0.15) is 12.8 Å². The number of anilines is 1. The summed E-state index contributed by atoms with van der Waals surface area (Å²) in [5.41, 5.74) is 0.984. The lowest BCUT2D eigenvalue weighted by Gasteiger charge is -2.32. The molecule has 0 radical (unpaired) electrons. The third-order valence-electron chi connectivity index (χ3n) is 2.70. The highest BCUT2D eigenvalue weighted by Crippen LogP contribution is 2.29. The number of aliphatic hydroxyl groups excluding tert-OH is 1. The highest BCUT2D eigenvalue weighted by atomic mass is 32.1. The van der Waals surface area contributed by atoms with Gasteiger partial charge >= 0.3 is 0 Å². The number of thiophene rings is 1.